The molecule has 4 fully saturated rings. The fraction of sp³-hybridized carbons (Fsp3) is 0.431. The first-order chi connectivity index (χ1) is 55.4. The molecule has 6 aromatic rings. The molecule has 0 spiro atoms. The van der Waals surface area contributed by atoms with Gasteiger partial charge in [-0.05, 0) is 102 Å². The van der Waals surface area contributed by atoms with Crippen LogP contribution in [0.1, 0.15) is 84.7 Å². The number of hydrogen-bond acceptors (Lipinski definition) is 32. The number of esters is 1. The van der Waals surface area contributed by atoms with Crippen LogP contribution in [-0.2, 0) is 66.1 Å². The van der Waals surface area contributed by atoms with Gasteiger partial charge in [0.1, 0.15) is 56.7 Å². The summed E-state index contributed by atoms with van der Waals surface area (Å²) in [6.45, 7) is 8.82. The van der Waals surface area contributed by atoms with Crippen molar-refractivity contribution in [2.45, 2.75) is 32.1 Å². The Hall–Kier alpha value is -5.64. The summed E-state index contributed by atoms with van der Waals surface area (Å²) in [6.07, 6.45) is 4.22. The van der Waals surface area contributed by atoms with Crippen molar-refractivity contribution in [2.24, 2.45) is 5.90 Å². The van der Waals surface area contributed by atoms with Crippen molar-refractivity contribution in [1.82, 2.24) is 19.2 Å². The number of nitrogens with zero attached hydrogens (tertiary/aromatic N) is 9. The van der Waals surface area contributed by atoms with E-state index in [0.717, 1.165) is 19.2 Å². The molecule has 0 bridgehead atoms. The van der Waals surface area contributed by atoms with E-state index >= 15 is 0 Å². The summed E-state index contributed by atoms with van der Waals surface area (Å²) in [5, 5.41) is 59.6. The molecule has 4 aliphatic heterocycles. The second-order valence-electron chi connectivity index (χ2n) is 24.4. The first kappa shape index (κ1) is 110. The van der Waals surface area contributed by atoms with E-state index < -0.39 is 72.1 Å². The van der Waals surface area contributed by atoms with Gasteiger partial charge in [0, 0.05) is 311 Å². The molecule has 4 saturated heterocycles. The Morgan fingerprint density at radius 1 is 0.508 bits per heavy atom. The zero-order chi connectivity index (χ0) is 86.4. The van der Waals surface area contributed by atoms with Crippen LogP contribution in [0.5, 0.6) is 0 Å². The smallest absolute Gasteiger partial charge is 0.332 e. The van der Waals surface area contributed by atoms with E-state index in [0.29, 0.717) is 79.6 Å². The van der Waals surface area contributed by atoms with Gasteiger partial charge in [0.25, 0.3) is 22.7 Å². The van der Waals surface area contributed by atoms with E-state index in [2.05, 4.69) is 61.1 Å². The zero-order valence-electron chi connectivity index (χ0n) is 65.9. The maximum Gasteiger partial charge on any atom is 0.332 e. The average Bonchev–Trinajstić information content (AvgIpc) is 1.64. The number of alkyl halides is 1. The van der Waals surface area contributed by atoms with Crippen molar-refractivity contribution in [1.29, 1.82) is 0 Å². The summed E-state index contributed by atoms with van der Waals surface area (Å²) < 4.78 is 103. The Balaban J connectivity index is 0.00000139. The number of fused-ring (bicyclic) bond motifs is 3. The van der Waals surface area contributed by atoms with Gasteiger partial charge in [0.05, 0.1) is 35.3 Å². The number of nitro benzene ring substituents is 4. The largest absolute Gasteiger partial charge is 0.760 e. The molecule has 0 saturated carbocycles. The molecule has 118 heavy (non-hydrogen) atoms. The van der Waals surface area contributed by atoms with Gasteiger partial charge < -0.3 is 72.6 Å². The third-order valence-electron chi connectivity index (χ3n) is 17.1. The number of aryl methyl sites for hydroxylation is 1. The van der Waals surface area contributed by atoms with Crippen molar-refractivity contribution < 1.29 is 223 Å². The van der Waals surface area contributed by atoms with E-state index in [-0.39, 0.29) is 229 Å². The minimum Gasteiger partial charge on any atom is -0.760 e. The predicted molar refractivity (Wildman–Crippen MR) is 424 cm³/mol. The molecule has 0 aromatic heterocycles. The van der Waals surface area contributed by atoms with Crippen LogP contribution < -0.4 is 31.2 Å². The van der Waals surface area contributed by atoms with E-state index in [1.54, 1.807) is 41.0 Å². The van der Waals surface area contributed by atoms with Crippen molar-refractivity contribution in [3.05, 3.63) is 201 Å². The van der Waals surface area contributed by atoms with Gasteiger partial charge in [-0.3, -0.25) is 76.7 Å². The first-order valence-electron chi connectivity index (χ1n) is 35.5. The fourth-order valence-corrected chi connectivity index (χ4v) is 12.6. The van der Waals surface area contributed by atoms with Crippen LogP contribution in [0.2, 0.25) is 0 Å². The normalized spacial score (nSPS) is 14.6. The molecular formula is C72H93Ar3ClFN12O26S3-3. The van der Waals surface area contributed by atoms with Crippen LogP contribution in [0.3, 0.4) is 0 Å². The Kier molecular flexibility index (Phi) is 58.4. The molecule has 5 N–H and O–H groups in total. The maximum atomic E-state index is 11.8. The van der Waals surface area contributed by atoms with E-state index in [4.69, 9.17) is 34.2 Å². The van der Waals surface area contributed by atoms with Crippen molar-refractivity contribution >= 4 is 112 Å². The summed E-state index contributed by atoms with van der Waals surface area (Å²) in [7, 11) is 7.89. The van der Waals surface area contributed by atoms with Gasteiger partial charge in [0.15, 0.2) is 23.1 Å². The number of nitrogens with one attached hydrogen (secondary N) is 2. The summed E-state index contributed by atoms with van der Waals surface area (Å²) in [5.41, 5.74) is 7.09. The summed E-state index contributed by atoms with van der Waals surface area (Å²) in [5.74, 6) is 2.68. The molecule has 656 valence electrons. The number of piperidine rings is 1. The molecule has 0 amide bonds. The number of piperazine rings is 3. The molecule has 38 nitrogen and oxygen atoms in total. The molecule has 46 heteroatoms. The van der Waals surface area contributed by atoms with E-state index in [9.17, 15) is 86.3 Å². The molecule has 4 heterocycles. The van der Waals surface area contributed by atoms with Crippen LogP contribution in [0.15, 0.2) is 121 Å². The average molecular weight is 1810 g/mol. The number of nitrogens with two attached hydrogens (primary N) is 1. The monoisotopic (exact) mass is 1810 g/mol. The first-order valence-corrected chi connectivity index (χ1v) is 38.7. The zero-order valence-corrected chi connectivity index (χ0v) is 70.2. The van der Waals surface area contributed by atoms with Gasteiger partial charge >= 0.3 is 5.97 Å². The standard InChI is InChI=1S/C17H16O3.C13H17N3O6S.C13H17N3O4.C12H15N3O6S.C10H11NO4.C5H11N.CH3F.CH5NO.3Ar.ClHO2S/c1-19-11-17(18)20-10-16-14-8-4-2-6-12(14)13-7-3-5-9-15(13)16;1-22-9-13(17)10-2-3-11(12(8-10)16(18)19)14-4-6-15(7-5-14)23(20)21;1-20-9-13(17)10-2-3-11(12(8-10)16(18)19)15-6-4-14-5-7-15;16-8-12(17)9-1-2-10(11(7-9)15(18)19)13-3-5-14(6-4-13)22(20)21;1-7-3-4-8(10(12)6-15-2)5-9(7)11(13)14;1-2-4-6-5-3-1;1-2;1-3-2;;;;1-4(2)3/h2-9,16H,10-11H2,1H3;2-3,8H,4-7,9H2,1H3,(H,20,21);2-3,8,14H,4-7,9H2,1H3;1-2,7,16H,3-6,8H2,(H,20,21);3-5H,6H2,1-2H3;6H,1-5H2;1H3;2H2,1H3;;;;(H,2,3)/p-3/i;;;;;;1D;;;;;. The van der Waals surface area contributed by atoms with Crippen molar-refractivity contribution in [3.8, 4) is 11.1 Å². The third-order valence-corrected chi connectivity index (χ3v) is 18.6. The van der Waals surface area contributed by atoms with E-state index in [1.807, 2.05) is 29.2 Å². The Labute approximate surface area is 784 Å². The second kappa shape index (κ2) is 62.5. The number of halogens is 2. The molecular weight excluding hydrogens is 1720 g/mol. The Morgan fingerprint density at radius 3 is 1.11 bits per heavy atom. The van der Waals surface area contributed by atoms with Crippen LogP contribution in [0, 0.1) is 161 Å². The number of rotatable bonds is 24. The maximum absolute atomic E-state index is 11.8. The van der Waals surface area contributed by atoms with Crippen LogP contribution in [0.4, 0.5) is 44.2 Å². The molecule has 5 aliphatic rings. The van der Waals surface area contributed by atoms with Gasteiger partial charge in [-0.1, -0.05) is 67.1 Å². The molecule has 6 aromatic carbocycles. The third kappa shape index (κ3) is 38.4. The number of ether oxygens (including phenoxy) is 5. The molecule has 1 aliphatic carbocycles. The number of hydrogen-bond donors (Lipinski definition) is 4. The summed E-state index contributed by atoms with van der Waals surface area (Å²) in [4.78, 5) is 109. The van der Waals surface area contributed by atoms with Gasteiger partial charge in [0.2, 0.25) is 0 Å². The summed E-state index contributed by atoms with van der Waals surface area (Å²) in [6, 6.07) is 33.8. The fourth-order valence-electron chi connectivity index (χ4n) is 11.7. The Bertz CT molecular complexity index is 4220. The molecule has 0 radical (unpaired) electrons. The summed E-state index contributed by atoms with van der Waals surface area (Å²) >= 11 is -4.58. The number of methoxy groups -OCH3 is 4. The predicted octanol–water partition coefficient (Wildman–Crippen LogP) is 6.45. The van der Waals surface area contributed by atoms with Gasteiger partial charge in [-0.15, -0.1) is 0 Å². The second-order valence-corrected chi connectivity index (χ2v) is 27.4. The number of Topliss-reactive ketones (excluding diaryl/α,β-unsaturated/α-hetero) is 4. The minimum absolute atomic E-state index is 0. The minimum atomic E-state index is -2.39. The van der Waals surface area contributed by atoms with Crippen LogP contribution in [-0.4, -0.2) is 263 Å². The van der Waals surface area contributed by atoms with Gasteiger partial charge in [-0.2, -0.15) is 0 Å². The number of nitro groups is 4. The SMILES string of the molecule is C1CCNCC1.COCC(=O)OCC1c2ccccc2-c2ccccc21.COCC(=O)c1ccc(C)c([N+](=O)[O-])c1.COCC(=O)c1ccc(N2CCN(S(=O)[O-])CC2)c([N+](=O)[O-])c1.COCC(=O)c1ccc(N2CCNCC2)c([N+](=O)[O-])c1.CON.O=C(CO)c1ccc(N2CCN(S(=O)[O-])CC2)c([N+](=O)[O-])c1.O=S([O-])Cl.[2H]CF.[Ar].[Ar].[Ar]. The van der Waals surface area contributed by atoms with Crippen molar-refractivity contribution in [3.63, 3.8) is 0 Å². The van der Waals surface area contributed by atoms with Crippen molar-refractivity contribution in [2.75, 3.05) is 189 Å². The van der Waals surface area contributed by atoms with E-state index in [1.165, 1.54) is 141 Å². The number of anilines is 3. The van der Waals surface area contributed by atoms with Gasteiger partial charge in [-0.25, -0.2) is 19.3 Å². The number of benzene rings is 6. The molecule has 11 rings (SSSR count). The number of aliphatic hydroxyl groups is 1. The van der Waals surface area contributed by atoms with Crippen LogP contribution in [0.25, 0.3) is 11.1 Å². The molecule has 3 atom stereocenters. The topological polar surface area (TPSA) is 520 Å². The Morgan fingerprint density at radius 2 is 0.814 bits per heavy atom. The number of carbonyl (C=O) groups is 5. The molecule has 3 unspecified atom stereocenters. The number of carbonyl (C=O) groups excluding carboxylic acids is 5. The number of aliphatic hydroxyl groups excluding tert-OH is 1. The quantitative estimate of drug-likeness (QED) is 0.0126. The van der Waals surface area contributed by atoms with Crippen LogP contribution >= 0.6 is 10.7 Å². The number of ketones is 4.